The molecule has 1 aromatic carbocycles. The maximum atomic E-state index is 13.0. The number of halogens is 3. The van der Waals surface area contributed by atoms with Gasteiger partial charge in [-0.05, 0) is 19.1 Å². The van der Waals surface area contributed by atoms with Crippen molar-refractivity contribution in [1.29, 1.82) is 0 Å². The normalized spacial score (nSPS) is 11.3. The van der Waals surface area contributed by atoms with Gasteiger partial charge in [-0.2, -0.15) is 13.2 Å². The van der Waals surface area contributed by atoms with Gasteiger partial charge < -0.3 is 14.6 Å². The van der Waals surface area contributed by atoms with E-state index in [0.717, 1.165) is 12.4 Å². The van der Waals surface area contributed by atoms with Gasteiger partial charge in [0.2, 0.25) is 11.7 Å². The van der Waals surface area contributed by atoms with E-state index in [0.29, 0.717) is 17.0 Å². The van der Waals surface area contributed by atoms with Gasteiger partial charge in [-0.3, -0.25) is 4.79 Å². The van der Waals surface area contributed by atoms with Crippen molar-refractivity contribution >= 4 is 11.6 Å². The zero-order valence-corrected chi connectivity index (χ0v) is 17.3. The maximum absolute atomic E-state index is 13.0. The summed E-state index contributed by atoms with van der Waals surface area (Å²) in [5.41, 5.74) is 2.12. The molecule has 0 aliphatic rings. The standard InChI is InChI=1S/C22H16F3N5O3/c1-12-17(18(30-33-12)13-6-4-3-5-7-13)19(31)28-16-9-8-15(29-20(16)32-2)14-10-26-21(27-11-14)22(23,24)25/h3-11H,1-2H3,(H,28,31). The summed E-state index contributed by atoms with van der Waals surface area (Å²) in [5.74, 6) is -1.35. The van der Waals surface area contributed by atoms with Gasteiger partial charge in [0.25, 0.3) is 5.91 Å². The number of pyridine rings is 1. The number of carbonyl (C=O) groups is 1. The maximum Gasteiger partial charge on any atom is 0.451 e. The van der Waals surface area contributed by atoms with Crippen LogP contribution in [0.2, 0.25) is 0 Å². The van der Waals surface area contributed by atoms with E-state index in [1.54, 1.807) is 19.1 Å². The average Bonchev–Trinajstić information content (AvgIpc) is 3.21. The number of aromatic nitrogens is 4. The van der Waals surface area contributed by atoms with Crippen LogP contribution < -0.4 is 10.1 Å². The van der Waals surface area contributed by atoms with Crippen molar-refractivity contribution in [2.45, 2.75) is 13.1 Å². The number of hydrogen-bond donors (Lipinski definition) is 1. The van der Waals surface area contributed by atoms with Gasteiger partial charge >= 0.3 is 6.18 Å². The third-order valence-electron chi connectivity index (χ3n) is 4.64. The van der Waals surface area contributed by atoms with Gasteiger partial charge in [-0.25, -0.2) is 15.0 Å². The van der Waals surface area contributed by atoms with E-state index in [4.69, 9.17) is 9.26 Å². The second-order valence-corrected chi connectivity index (χ2v) is 6.83. The third-order valence-corrected chi connectivity index (χ3v) is 4.64. The Hall–Kier alpha value is -4.28. The lowest BCUT2D eigenvalue weighted by molar-refractivity contribution is -0.144. The van der Waals surface area contributed by atoms with E-state index >= 15 is 0 Å². The Morgan fingerprint density at radius 2 is 1.73 bits per heavy atom. The van der Waals surface area contributed by atoms with Gasteiger partial charge in [-0.1, -0.05) is 35.5 Å². The van der Waals surface area contributed by atoms with E-state index in [9.17, 15) is 18.0 Å². The highest BCUT2D eigenvalue weighted by molar-refractivity contribution is 6.09. The predicted molar refractivity (Wildman–Crippen MR) is 111 cm³/mol. The number of hydrogen-bond acceptors (Lipinski definition) is 7. The van der Waals surface area contributed by atoms with Crippen molar-refractivity contribution in [2.24, 2.45) is 0 Å². The molecule has 4 aromatic rings. The average molecular weight is 455 g/mol. The SMILES string of the molecule is COc1nc(-c2cnc(C(F)(F)F)nc2)ccc1NC(=O)c1c(-c2ccccc2)noc1C. The second kappa shape index (κ2) is 8.69. The molecule has 0 atom stereocenters. The van der Waals surface area contributed by atoms with Crippen molar-refractivity contribution < 1.29 is 27.2 Å². The Morgan fingerprint density at radius 3 is 2.36 bits per heavy atom. The van der Waals surface area contributed by atoms with E-state index in [1.807, 2.05) is 18.2 Å². The molecule has 0 unspecified atom stereocenters. The van der Waals surface area contributed by atoms with E-state index < -0.39 is 17.9 Å². The van der Waals surface area contributed by atoms with Gasteiger partial charge in [0.05, 0.1) is 12.8 Å². The number of nitrogens with one attached hydrogen (secondary N) is 1. The van der Waals surface area contributed by atoms with Gasteiger partial charge in [0.1, 0.15) is 22.7 Å². The monoisotopic (exact) mass is 455 g/mol. The van der Waals surface area contributed by atoms with Gasteiger partial charge in [0, 0.05) is 23.5 Å². The molecule has 0 saturated heterocycles. The molecule has 1 N–H and O–H groups in total. The zero-order chi connectivity index (χ0) is 23.6. The fourth-order valence-electron chi connectivity index (χ4n) is 3.08. The van der Waals surface area contributed by atoms with Gasteiger partial charge in [-0.15, -0.1) is 0 Å². The molecule has 0 aliphatic heterocycles. The first-order valence-corrected chi connectivity index (χ1v) is 9.55. The molecule has 1 amide bonds. The molecule has 0 aliphatic carbocycles. The van der Waals surface area contributed by atoms with Crippen LogP contribution in [0.1, 0.15) is 21.9 Å². The first-order valence-electron chi connectivity index (χ1n) is 9.55. The molecular weight excluding hydrogens is 439 g/mol. The minimum absolute atomic E-state index is 0.0520. The van der Waals surface area contributed by atoms with Crippen LogP contribution in [0.5, 0.6) is 5.88 Å². The highest BCUT2D eigenvalue weighted by atomic mass is 19.4. The Balaban J connectivity index is 1.61. The Morgan fingerprint density at radius 1 is 1.03 bits per heavy atom. The summed E-state index contributed by atoms with van der Waals surface area (Å²) >= 11 is 0. The van der Waals surface area contributed by atoms with Gasteiger partial charge in [0.15, 0.2) is 0 Å². The molecule has 33 heavy (non-hydrogen) atoms. The Kier molecular flexibility index (Phi) is 5.78. The van der Waals surface area contributed by atoms with E-state index in [-0.39, 0.29) is 28.4 Å². The van der Waals surface area contributed by atoms with Crippen LogP contribution in [0, 0.1) is 6.92 Å². The highest BCUT2D eigenvalue weighted by Gasteiger charge is 2.34. The number of rotatable bonds is 5. The molecule has 0 radical (unpaired) electrons. The first kappa shape index (κ1) is 21.9. The summed E-state index contributed by atoms with van der Waals surface area (Å²) < 4.78 is 48.5. The number of aryl methyl sites for hydroxylation is 1. The quantitative estimate of drug-likeness (QED) is 0.462. The van der Waals surface area contributed by atoms with Crippen molar-refractivity contribution in [1.82, 2.24) is 20.1 Å². The van der Waals surface area contributed by atoms with E-state index in [1.165, 1.54) is 19.2 Å². The first-order chi connectivity index (χ1) is 15.8. The minimum atomic E-state index is -4.64. The largest absolute Gasteiger partial charge is 0.479 e. The lowest BCUT2D eigenvalue weighted by atomic mass is 10.1. The smallest absolute Gasteiger partial charge is 0.451 e. The molecule has 4 rings (SSSR count). The molecule has 3 aromatic heterocycles. The third kappa shape index (κ3) is 4.52. The van der Waals surface area contributed by atoms with Crippen LogP contribution in [0.3, 0.4) is 0 Å². The molecule has 11 heteroatoms. The number of ether oxygens (including phenoxy) is 1. The summed E-state index contributed by atoms with van der Waals surface area (Å²) in [4.78, 5) is 23.9. The van der Waals surface area contributed by atoms with Crippen LogP contribution in [0.25, 0.3) is 22.5 Å². The summed E-state index contributed by atoms with van der Waals surface area (Å²) in [7, 11) is 1.35. The lowest BCUT2D eigenvalue weighted by Gasteiger charge is -2.11. The number of alkyl halides is 3. The van der Waals surface area contributed by atoms with Crippen LogP contribution in [0.4, 0.5) is 18.9 Å². The number of methoxy groups -OCH3 is 1. The van der Waals surface area contributed by atoms with Crippen LogP contribution in [0.15, 0.2) is 59.4 Å². The molecular formula is C22H16F3N5O3. The number of carbonyl (C=O) groups excluding carboxylic acids is 1. The molecule has 168 valence electrons. The lowest BCUT2D eigenvalue weighted by Crippen LogP contribution is -2.14. The highest BCUT2D eigenvalue weighted by Crippen LogP contribution is 2.31. The minimum Gasteiger partial charge on any atom is -0.479 e. The van der Waals surface area contributed by atoms with Crippen molar-refractivity contribution in [3.63, 3.8) is 0 Å². The number of amides is 1. The summed E-state index contributed by atoms with van der Waals surface area (Å²) in [6, 6.07) is 12.1. The predicted octanol–water partition coefficient (Wildman–Crippen LogP) is 4.78. The second-order valence-electron chi connectivity index (χ2n) is 6.83. The number of anilines is 1. The van der Waals surface area contributed by atoms with Crippen LogP contribution in [-0.2, 0) is 6.18 Å². The van der Waals surface area contributed by atoms with Crippen molar-refractivity contribution in [2.75, 3.05) is 12.4 Å². The van der Waals surface area contributed by atoms with Crippen molar-refractivity contribution in [3.05, 3.63) is 72.0 Å². The Labute approximate surface area is 185 Å². The molecule has 0 spiro atoms. The summed E-state index contributed by atoms with van der Waals surface area (Å²) in [6.07, 6.45) is -2.61. The summed E-state index contributed by atoms with van der Waals surface area (Å²) in [6.45, 7) is 1.62. The molecule has 0 bridgehead atoms. The van der Waals surface area contributed by atoms with Crippen LogP contribution in [-0.4, -0.2) is 33.1 Å². The summed E-state index contributed by atoms with van der Waals surface area (Å²) in [5, 5.41) is 6.71. The molecule has 0 saturated carbocycles. The van der Waals surface area contributed by atoms with Crippen molar-refractivity contribution in [3.8, 4) is 28.4 Å². The fraction of sp³-hybridized carbons (Fsp3) is 0.136. The molecule has 8 nitrogen and oxygen atoms in total. The Bertz CT molecular complexity index is 1290. The van der Waals surface area contributed by atoms with Crippen LogP contribution >= 0.6 is 0 Å². The molecule has 3 heterocycles. The topological polar surface area (TPSA) is 103 Å². The number of benzene rings is 1. The molecule has 0 fully saturated rings. The van der Waals surface area contributed by atoms with E-state index in [2.05, 4.69) is 25.4 Å². The zero-order valence-electron chi connectivity index (χ0n) is 17.3. The fourth-order valence-corrected chi connectivity index (χ4v) is 3.08. The number of nitrogens with zero attached hydrogens (tertiary/aromatic N) is 4.